The van der Waals surface area contributed by atoms with E-state index in [0.29, 0.717) is 28.1 Å². The van der Waals surface area contributed by atoms with Crippen LogP contribution in [0.4, 0.5) is 0 Å². The van der Waals surface area contributed by atoms with E-state index in [1.807, 2.05) is 97.9 Å². The number of thioether (sulfide) groups is 1. The lowest BCUT2D eigenvalue weighted by Gasteiger charge is -2.14. The Kier molecular flexibility index (Phi) is 6.50. The Hall–Kier alpha value is -4.10. The van der Waals surface area contributed by atoms with Gasteiger partial charge in [-0.1, -0.05) is 60.7 Å². The highest BCUT2D eigenvalue weighted by atomic mass is 32.2. The van der Waals surface area contributed by atoms with Crippen molar-refractivity contribution in [2.75, 3.05) is 7.11 Å². The van der Waals surface area contributed by atoms with E-state index in [0.717, 1.165) is 27.8 Å². The Morgan fingerprint density at radius 1 is 1.03 bits per heavy atom. The minimum absolute atomic E-state index is 0.106. The molecule has 2 heterocycles. The maximum Gasteiger partial charge on any atom is 0.267 e. The zero-order chi connectivity index (χ0) is 24.2. The van der Waals surface area contributed by atoms with E-state index < -0.39 is 0 Å². The molecule has 0 saturated carbocycles. The molecule has 0 bridgehead atoms. The Labute approximate surface area is 207 Å². The number of fused-ring (bicyclic) bond motifs is 1. The van der Waals surface area contributed by atoms with E-state index in [-0.39, 0.29) is 5.91 Å². The third-order valence-electron chi connectivity index (χ3n) is 5.55. The van der Waals surface area contributed by atoms with Gasteiger partial charge in [-0.2, -0.15) is 0 Å². The molecule has 1 amide bonds. The molecule has 0 spiro atoms. The molecule has 0 unspecified atom stereocenters. The minimum atomic E-state index is -0.106. The van der Waals surface area contributed by atoms with Gasteiger partial charge in [0.05, 0.1) is 18.6 Å². The molecule has 0 aliphatic carbocycles. The molecule has 4 aromatic rings. The molecule has 5 rings (SSSR count). The van der Waals surface area contributed by atoms with Crippen LogP contribution in [0.25, 0.3) is 17.0 Å². The zero-order valence-corrected chi connectivity index (χ0v) is 20.2. The lowest BCUT2D eigenvalue weighted by atomic mass is 10.2. The third-order valence-corrected chi connectivity index (χ3v) is 6.55. The number of amidine groups is 1. The van der Waals surface area contributed by atoms with Crippen molar-refractivity contribution in [3.05, 3.63) is 107 Å². The number of carbonyl (C=O) groups is 1. The first-order valence-electron chi connectivity index (χ1n) is 11.1. The molecule has 1 aromatic heterocycles. The Morgan fingerprint density at radius 2 is 1.77 bits per heavy atom. The fourth-order valence-corrected chi connectivity index (χ4v) is 4.60. The van der Waals surface area contributed by atoms with Crippen LogP contribution < -0.4 is 4.74 Å². The second-order valence-corrected chi connectivity index (χ2v) is 8.99. The van der Waals surface area contributed by atoms with Gasteiger partial charge in [-0.15, -0.1) is 10.2 Å². The number of nitrogens with zero attached hydrogens (tertiary/aromatic N) is 3. The van der Waals surface area contributed by atoms with Crippen LogP contribution in [0.3, 0.4) is 0 Å². The molecule has 0 N–H and O–H groups in total. The molecule has 0 atom stereocenters. The third kappa shape index (κ3) is 5.05. The summed E-state index contributed by atoms with van der Waals surface area (Å²) >= 11 is 1.31. The second-order valence-electron chi connectivity index (χ2n) is 7.98. The largest absolute Gasteiger partial charge is 0.497 e. The van der Waals surface area contributed by atoms with E-state index in [9.17, 15) is 4.79 Å². The van der Waals surface area contributed by atoms with E-state index in [1.165, 1.54) is 11.8 Å². The van der Waals surface area contributed by atoms with Gasteiger partial charge in [0.15, 0.2) is 10.9 Å². The predicted octanol–water partition coefficient (Wildman–Crippen LogP) is 6.34. The number of ether oxygens (including phenoxy) is 1. The summed E-state index contributed by atoms with van der Waals surface area (Å²) < 4.78 is 11.1. The number of para-hydroxylation sites is 1. The minimum Gasteiger partial charge on any atom is -0.497 e. The summed E-state index contributed by atoms with van der Waals surface area (Å²) in [5.74, 6) is 1.30. The lowest BCUT2D eigenvalue weighted by Crippen LogP contribution is -2.28. The highest BCUT2D eigenvalue weighted by Crippen LogP contribution is 2.34. The van der Waals surface area contributed by atoms with Crippen molar-refractivity contribution < 1.29 is 13.9 Å². The van der Waals surface area contributed by atoms with Gasteiger partial charge in [0.1, 0.15) is 17.0 Å². The van der Waals surface area contributed by atoms with Crippen LogP contribution in [-0.4, -0.2) is 28.8 Å². The second kappa shape index (κ2) is 10.0. The topological polar surface area (TPSA) is 67.4 Å². The zero-order valence-electron chi connectivity index (χ0n) is 19.3. The van der Waals surface area contributed by atoms with Crippen molar-refractivity contribution in [3.63, 3.8) is 0 Å². The van der Waals surface area contributed by atoms with Gasteiger partial charge in [-0.25, -0.2) is 0 Å². The molecule has 1 fully saturated rings. The summed E-state index contributed by atoms with van der Waals surface area (Å²) in [4.78, 5) is 15.6. The van der Waals surface area contributed by atoms with Crippen molar-refractivity contribution in [2.24, 2.45) is 10.2 Å². The summed E-state index contributed by atoms with van der Waals surface area (Å²) in [7, 11) is 1.63. The fraction of sp³-hybridized carbons (Fsp3) is 0.107. The molecular formula is C28H23N3O3S. The first kappa shape index (κ1) is 22.7. The molecule has 6 nitrogen and oxygen atoms in total. The van der Waals surface area contributed by atoms with Crippen molar-refractivity contribution in [1.82, 2.24) is 4.90 Å². The van der Waals surface area contributed by atoms with Gasteiger partial charge in [0, 0.05) is 5.39 Å². The van der Waals surface area contributed by atoms with Crippen molar-refractivity contribution in [3.8, 4) is 5.75 Å². The van der Waals surface area contributed by atoms with Gasteiger partial charge in [0.25, 0.3) is 5.91 Å². The summed E-state index contributed by atoms with van der Waals surface area (Å²) in [6.07, 6.45) is 1.86. The van der Waals surface area contributed by atoms with Crippen molar-refractivity contribution in [2.45, 2.75) is 13.5 Å². The fourth-order valence-electron chi connectivity index (χ4n) is 3.67. The van der Waals surface area contributed by atoms with E-state index in [2.05, 4.69) is 10.2 Å². The molecule has 3 aromatic carbocycles. The number of amides is 1. The molecule has 35 heavy (non-hydrogen) atoms. The Morgan fingerprint density at radius 3 is 2.51 bits per heavy atom. The molecule has 1 aliphatic heterocycles. The smallest absolute Gasteiger partial charge is 0.267 e. The van der Waals surface area contributed by atoms with Crippen LogP contribution in [0.2, 0.25) is 0 Å². The van der Waals surface area contributed by atoms with Crippen LogP contribution in [0, 0.1) is 0 Å². The highest BCUT2D eigenvalue weighted by Gasteiger charge is 2.33. The van der Waals surface area contributed by atoms with Gasteiger partial charge >= 0.3 is 0 Å². The van der Waals surface area contributed by atoms with Crippen molar-refractivity contribution >= 4 is 45.6 Å². The highest BCUT2D eigenvalue weighted by molar-refractivity contribution is 8.18. The van der Waals surface area contributed by atoms with Gasteiger partial charge in [-0.05, 0) is 60.2 Å². The van der Waals surface area contributed by atoms with Crippen molar-refractivity contribution in [1.29, 1.82) is 0 Å². The monoisotopic (exact) mass is 481 g/mol. The van der Waals surface area contributed by atoms with E-state index in [4.69, 9.17) is 9.15 Å². The quantitative estimate of drug-likeness (QED) is 0.183. The van der Waals surface area contributed by atoms with Gasteiger partial charge < -0.3 is 9.15 Å². The Bertz CT molecular complexity index is 1420. The van der Waals surface area contributed by atoms with Gasteiger partial charge in [-0.3, -0.25) is 9.69 Å². The molecule has 7 heteroatoms. The normalized spacial score (nSPS) is 16.6. The maximum atomic E-state index is 13.3. The van der Waals surface area contributed by atoms with E-state index in [1.54, 1.807) is 12.0 Å². The first-order chi connectivity index (χ1) is 17.1. The van der Waals surface area contributed by atoms with Crippen LogP contribution >= 0.6 is 11.8 Å². The number of benzene rings is 3. The number of hydrogen-bond donors (Lipinski definition) is 0. The number of hydrogen-bond acceptors (Lipinski definition) is 6. The Balaban J connectivity index is 1.46. The van der Waals surface area contributed by atoms with Crippen LogP contribution in [0.1, 0.15) is 23.8 Å². The predicted molar refractivity (Wildman–Crippen MR) is 141 cm³/mol. The standard InChI is InChI=1S/C28H23N3O3S/c1-19(25-17-22-10-6-7-11-24(22)34-25)29-30-28-31(18-21-8-4-3-5-9-21)27(32)26(35-28)16-20-12-14-23(33-2)15-13-20/h3-17H,18H2,1-2H3/b26-16+,29-19+,30-28-. The maximum absolute atomic E-state index is 13.3. The molecule has 0 radical (unpaired) electrons. The SMILES string of the molecule is COc1ccc(/C=C2/S/C(=N\N=C(/C)c3cc4ccccc4o3)N(Cc3ccccc3)C2=O)cc1. The molecule has 1 aliphatic rings. The summed E-state index contributed by atoms with van der Waals surface area (Å²) in [6.45, 7) is 2.25. The summed E-state index contributed by atoms with van der Waals surface area (Å²) in [6, 6.07) is 27.2. The summed E-state index contributed by atoms with van der Waals surface area (Å²) in [5.41, 5.74) is 3.35. The number of methoxy groups -OCH3 is 1. The van der Waals surface area contributed by atoms with E-state index >= 15 is 0 Å². The lowest BCUT2D eigenvalue weighted by molar-refractivity contribution is -0.122. The molecule has 174 valence electrons. The van der Waals surface area contributed by atoms with Gasteiger partial charge in [0.2, 0.25) is 0 Å². The number of carbonyl (C=O) groups excluding carboxylic acids is 1. The summed E-state index contributed by atoms with van der Waals surface area (Å²) in [5, 5.41) is 10.4. The molecule has 1 saturated heterocycles. The first-order valence-corrected chi connectivity index (χ1v) is 11.9. The number of furan rings is 1. The van der Waals surface area contributed by atoms with Crippen LogP contribution in [0.15, 0.2) is 104 Å². The average Bonchev–Trinajstić information content (AvgIpc) is 3.45. The number of rotatable bonds is 6. The van der Waals surface area contributed by atoms with Crippen LogP contribution in [0.5, 0.6) is 5.75 Å². The van der Waals surface area contributed by atoms with Crippen LogP contribution in [-0.2, 0) is 11.3 Å². The molecular weight excluding hydrogens is 458 g/mol. The average molecular weight is 482 g/mol.